The minimum Gasteiger partial charge on any atom is -0.493 e. The SMILES string of the molecule is COc1ccc(NC(C)C2CCOC2)cc1OC. The van der Waals surface area contributed by atoms with Crippen molar-refractivity contribution in [3.8, 4) is 11.5 Å². The molecule has 2 rings (SSSR count). The molecule has 0 bridgehead atoms. The van der Waals surface area contributed by atoms with Crippen LogP contribution in [0.25, 0.3) is 0 Å². The predicted octanol–water partition coefficient (Wildman–Crippen LogP) is 2.54. The summed E-state index contributed by atoms with van der Waals surface area (Å²) in [4.78, 5) is 0. The summed E-state index contributed by atoms with van der Waals surface area (Å²) in [7, 11) is 3.29. The first-order valence-electron chi connectivity index (χ1n) is 6.31. The highest BCUT2D eigenvalue weighted by molar-refractivity contribution is 5.55. The van der Waals surface area contributed by atoms with Crippen LogP contribution < -0.4 is 14.8 Å². The van der Waals surface area contributed by atoms with Crippen molar-refractivity contribution in [1.29, 1.82) is 0 Å². The molecule has 1 aliphatic rings. The molecule has 1 saturated heterocycles. The van der Waals surface area contributed by atoms with Crippen molar-refractivity contribution in [2.45, 2.75) is 19.4 Å². The first kappa shape index (κ1) is 13.0. The third-order valence-electron chi connectivity index (χ3n) is 3.45. The van der Waals surface area contributed by atoms with Crippen molar-refractivity contribution >= 4 is 5.69 Å². The summed E-state index contributed by atoms with van der Waals surface area (Å²) in [6.07, 6.45) is 1.13. The molecule has 100 valence electrons. The summed E-state index contributed by atoms with van der Waals surface area (Å²) >= 11 is 0. The van der Waals surface area contributed by atoms with Gasteiger partial charge in [0.05, 0.1) is 20.8 Å². The van der Waals surface area contributed by atoms with E-state index in [2.05, 4.69) is 12.2 Å². The number of ether oxygens (including phenoxy) is 3. The van der Waals surface area contributed by atoms with Crippen LogP contribution in [-0.4, -0.2) is 33.5 Å². The number of nitrogens with one attached hydrogen (secondary N) is 1. The predicted molar refractivity (Wildman–Crippen MR) is 71.6 cm³/mol. The average molecular weight is 251 g/mol. The summed E-state index contributed by atoms with van der Waals surface area (Å²) in [6.45, 7) is 3.92. The van der Waals surface area contributed by atoms with Gasteiger partial charge < -0.3 is 19.5 Å². The summed E-state index contributed by atoms with van der Waals surface area (Å²) < 4.78 is 15.9. The van der Waals surface area contributed by atoms with Crippen LogP contribution in [0.5, 0.6) is 11.5 Å². The molecule has 1 N–H and O–H groups in total. The van der Waals surface area contributed by atoms with E-state index in [9.17, 15) is 0 Å². The van der Waals surface area contributed by atoms with Crippen molar-refractivity contribution in [2.75, 3.05) is 32.8 Å². The number of methoxy groups -OCH3 is 2. The average Bonchev–Trinajstić information content (AvgIpc) is 2.92. The van der Waals surface area contributed by atoms with Crippen molar-refractivity contribution in [3.05, 3.63) is 18.2 Å². The van der Waals surface area contributed by atoms with E-state index in [4.69, 9.17) is 14.2 Å². The molecule has 0 aromatic heterocycles. The van der Waals surface area contributed by atoms with Gasteiger partial charge in [-0.25, -0.2) is 0 Å². The Kier molecular flexibility index (Phi) is 4.31. The van der Waals surface area contributed by atoms with Gasteiger partial charge in [0.15, 0.2) is 11.5 Å². The van der Waals surface area contributed by atoms with Crippen LogP contribution >= 0.6 is 0 Å². The zero-order valence-corrected chi connectivity index (χ0v) is 11.2. The molecule has 1 heterocycles. The van der Waals surface area contributed by atoms with E-state index in [0.717, 1.165) is 36.8 Å². The second-order valence-corrected chi connectivity index (χ2v) is 4.63. The lowest BCUT2D eigenvalue weighted by molar-refractivity contribution is 0.183. The highest BCUT2D eigenvalue weighted by Gasteiger charge is 2.22. The van der Waals surface area contributed by atoms with Gasteiger partial charge in [-0.2, -0.15) is 0 Å². The van der Waals surface area contributed by atoms with Gasteiger partial charge in [-0.3, -0.25) is 0 Å². The molecule has 0 aliphatic carbocycles. The number of benzene rings is 1. The van der Waals surface area contributed by atoms with Crippen LogP contribution in [0.3, 0.4) is 0 Å². The molecule has 0 amide bonds. The molecule has 1 aromatic rings. The molecule has 4 heteroatoms. The minimum absolute atomic E-state index is 0.394. The summed E-state index contributed by atoms with van der Waals surface area (Å²) in [5.41, 5.74) is 1.05. The molecule has 2 atom stereocenters. The lowest BCUT2D eigenvalue weighted by Crippen LogP contribution is -2.26. The zero-order valence-electron chi connectivity index (χ0n) is 11.2. The lowest BCUT2D eigenvalue weighted by Gasteiger charge is -2.21. The van der Waals surface area contributed by atoms with Gasteiger partial charge in [0, 0.05) is 30.3 Å². The third-order valence-corrected chi connectivity index (χ3v) is 3.45. The molecule has 4 nitrogen and oxygen atoms in total. The van der Waals surface area contributed by atoms with Crippen LogP contribution in [-0.2, 0) is 4.74 Å². The number of rotatable bonds is 5. The van der Waals surface area contributed by atoms with Crippen LogP contribution in [0.15, 0.2) is 18.2 Å². The van der Waals surface area contributed by atoms with E-state index in [1.165, 1.54) is 0 Å². The van der Waals surface area contributed by atoms with E-state index in [1.54, 1.807) is 14.2 Å². The van der Waals surface area contributed by atoms with Crippen LogP contribution in [0, 0.1) is 5.92 Å². The standard InChI is InChI=1S/C14H21NO3/c1-10(11-6-7-18-9-11)15-12-4-5-13(16-2)14(8-12)17-3/h4-5,8,10-11,15H,6-7,9H2,1-3H3. The van der Waals surface area contributed by atoms with Crippen LogP contribution in [0.1, 0.15) is 13.3 Å². The molecule has 18 heavy (non-hydrogen) atoms. The molecular formula is C14H21NO3. The topological polar surface area (TPSA) is 39.7 Å². The first-order chi connectivity index (χ1) is 8.74. The van der Waals surface area contributed by atoms with Crippen LogP contribution in [0.4, 0.5) is 5.69 Å². The molecular weight excluding hydrogens is 230 g/mol. The van der Waals surface area contributed by atoms with E-state index in [1.807, 2.05) is 18.2 Å². The van der Waals surface area contributed by atoms with E-state index in [0.29, 0.717) is 12.0 Å². The van der Waals surface area contributed by atoms with Crippen molar-refractivity contribution in [2.24, 2.45) is 5.92 Å². The fraction of sp³-hybridized carbons (Fsp3) is 0.571. The summed E-state index contributed by atoms with van der Waals surface area (Å²) in [6, 6.07) is 6.28. The smallest absolute Gasteiger partial charge is 0.162 e. The van der Waals surface area contributed by atoms with Crippen molar-refractivity contribution < 1.29 is 14.2 Å². The van der Waals surface area contributed by atoms with Gasteiger partial charge in [-0.15, -0.1) is 0 Å². The first-order valence-corrected chi connectivity index (χ1v) is 6.31. The number of hydrogen-bond donors (Lipinski definition) is 1. The lowest BCUT2D eigenvalue weighted by atomic mass is 10.0. The third kappa shape index (κ3) is 2.88. The monoisotopic (exact) mass is 251 g/mol. The quantitative estimate of drug-likeness (QED) is 0.873. The van der Waals surface area contributed by atoms with Gasteiger partial charge in [-0.1, -0.05) is 0 Å². The summed E-state index contributed by atoms with van der Waals surface area (Å²) in [5, 5.41) is 3.49. The second-order valence-electron chi connectivity index (χ2n) is 4.63. The van der Waals surface area contributed by atoms with Crippen LogP contribution in [0.2, 0.25) is 0 Å². The largest absolute Gasteiger partial charge is 0.493 e. The molecule has 2 unspecified atom stereocenters. The highest BCUT2D eigenvalue weighted by atomic mass is 16.5. The summed E-state index contributed by atoms with van der Waals surface area (Å²) in [5.74, 6) is 2.08. The maximum atomic E-state index is 5.41. The molecule has 1 fully saturated rings. The maximum absolute atomic E-state index is 5.41. The Balaban J connectivity index is 2.04. The van der Waals surface area contributed by atoms with Crippen molar-refractivity contribution in [1.82, 2.24) is 0 Å². The van der Waals surface area contributed by atoms with Crippen molar-refractivity contribution in [3.63, 3.8) is 0 Å². The molecule has 0 spiro atoms. The van der Waals surface area contributed by atoms with Gasteiger partial charge in [0.2, 0.25) is 0 Å². The normalized spacial score (nSPS) is 20.5. The zero-order chi connectivity index (χ0) is 13.0. The number of anilines is 1. The number of hydrogen-bond acceptors (Lipinski definition) is 4. The Morgan fingerprint density at radius 2 is 2.06 bits per heavy atom. The van der Waals surface area contributed by atoms with Gasteiger partial charge in [-0.05, 0) is 25.5 Å². The van der Waals surface area contributed by atoms with E-state index < -0.39 is 0 Å². The Hall–Kier alpha value is -1.42. The molecule has 1 aromatic carbocycles. The molecule has 0 saturated carbocycles. The molecule has 1 aliphatic heterocycles. The molecule has 0 radical (unpaired) electrons. The minimum atomic E-state index is 0.394. The van der Waals surface area contributed by atoms with E-state index in [-0.39, 0.29) is 0 Å². The van der Waals surface area contributed by atoms with Gasteiger partial charge >= 0.3 is 0 Å². The van der Waals surface area contributed by atoms with Gasteiger partial charge in [0.25, 0.3) is 0 Å². The Morgan fingerprint density at radius 1 is 1.28 bits per heavy atom. The Labute approximate surface area is 108 Å². The highest BCUT2D eigenvalue weighted by Crippen LogP contribution is 2.30. The Morgan fingerprint density at radius 3 is 2.67 bits per heavy atom. The second kappa shape index (κ2) is 5.96. The van der Waals surface area contributed by atoms with Gasteiger partial charge in [0.1, 0.15) is 0 Å². The van der Waals surface area contributed by atoms with E-state index >= 15 is 0 Å². The fourth-order valence-electron chi connectivity index (χ4n) is 2.25. The Bertz CT molecular complexity index is 389. The maximum Gasteiger partial charge on any atom is 0.162 e. The fourth-order valence-corrected chi connectivity index (χ4v) is 2.25.